The van der Waals surface area contributed by atoms with Gasteiger partial charge in [-0.05, 0) is 52.6 Å². The van der Waals surface area contributed by atoms with Gasteiger partial charge in [0, 0.05) is 21.5 Å². The molecule has 0 aliphatic heterocycles. The van der Waals surface area contributed by atoms with Crippen molar-refractivity contribution in [1.82, 2.24) is 0 Å². The molecule has 2 heterocycles. The van der Waals surface area contributed by atoms with E-state index in [1.54, 1.807) is 12.1 Å². The highest BCUT2D eigenvalue weighted by Crippen LogP contribution is 2.56. The molecule has 0 unspecified atom stereocenters. The Morgan fingerprint density at radius 2 is 0.977 bits per heavy atom. The number of hydrogen-bond acceptors (Lipinski definition) is 4. The number of ether oxygens (including phenoxy) is 1. The summed E-state index contributed by atoms with van der Waals surface area (Å²) < 4.78 is 16.6. The maximum atomic E-state index is 11.7. The number of benzene rings is 6. The highest BCUT2D eigenvalue weighted by atomic mass is 16.5. The lowest BCUT2D eigenvalue weighted by Gasteiger charge is -2.34. The second-order valence-corrected chi connectivity index (χ2v) is 10.7. The van der Waals surface area contributed by atoms with Gasteiger partial charge in [-0.15, -0.1) is 0 Å². The van der Waals surface area contributed by atoms with Crippen LogP contribution in [0.4, 0.5) is 0 Å². The summed E-state index contributed by atoms with van der Waals surface area (Å²) in [5, 5.41) is 4.26. The second-order valence-electron chi connectivity index (χ2n) is 10.7. The summed E-state index contributed by atoms with van der Waals surface area (Å²) in [5.74, 6) is -0.345. The maximum absolute atomic E-state index is 11.7. The first-order valence-corrected chi connectivity index (χ1v) is 14.3. The minimum atomic E-state index is -0.345. The minimum absolute atomic E-state index is 0.303. The molecule has 0 fully saturated rings. The van der Waals surface area contributed by atoms with Crippen molar-refractivity contribution in [2.75, 3.05) is 7.11 Å². The third-order valence-electron chi connectivity index (χ3n) is 8.55. The standard InChI is InChI=1S/C25H16O.C14H10O3/c1-3-9-17(10-4-1)25(18-11-5-2-6-12-18)19-13-7-15-21-23(19)24-20(25)14-8-16-22(24)26-21;1-16-14(15)10-6-4-8-12-13(10)9-5-2-3-7-11(9)17-12/h1-16H;2-8H,1H3. The molecular weight excluding hydrogens is 532 g/mol. The lowest BCUT2D eigenvalue weighted by molar-refractivity contribution is 0.0603. The van der Waals surface area contributed by atoms with Crippen LogP contribution in [-0.4, -0.2) is 13.1 Å². The Hall–Kier alpha value is -5.61. The Morgan fingerprint density at radius 1 is 0.512 bits per heavy atom. The predicted molar refractivity (Wildman–Crippen MR) is 171 cm³/mol. The number of rotatable bonds is 3. The average Bonchev–Trinajstić information content (AvgIpc) is 3.74. The monoisotopic (exact) mass is 558 g/mol. The molecule has 9 rings (SSSR count). The molecule has 206 valence electrons. The molecule has 6 aromatic carbocycles. The largest absolute Gasteiger partial charge is 0.465 e. The van der Waals surface area contributed by atoms with Crippen molar-refractivity contribution in [3.63, 3.8) is 0 Å². The first-order chi connectivity index (χ1) is 21.2. The van der Waals surface area contributed by atoms with E-state index >= 15 is 0 Å². The summed E-state index contributed by atoms with van der Waals surface area (Å²) in [5.41, 5.74) is 8.87. The van der Waals surface area contributed by atoms with Gasteiger partial charge < -0.3 is 13.6 Å². The molecular formula is C39H26O4. The molecule has 0 bridgehead atoms. The van der Waals surface area contributed by atoms with Crippen LogP contribution in [0, 0.1) is 0 Å². The molecule has 0 spiro atoms. The molecule has 0 saturated heterocycles. The highest BCUT2D eigenvalue weighted by molar-refractivity contribution is 6.15. The zero-order chi connectivity index (χ0) is 29.0. The number of carbonyl (C=O) groups is 1. The number of fused-ring (bicyclic) bond motifs is 3. The molecule has 4 heteroatoms. The quantitative estimate of drug-likeness (QED) is 0.203. The number of hydrogen-bond donors (Lipinski definition) is 0. The first-order valence-electron chi connectivity index (χ1n) is 14.3. The fraction of sp³-hybridized carbons (Fsp3) is 0.0513. The van der Waals surface area contributed by atoms with Crippen molar-refractivity contribution in [1.29, 1.82) is 0 Å². The number of esters is 1. The van der Waals surface area contributed by atoms with Crippen LogP contribution in [-0.2, 0) is 10.2 Å². The Labute approximate surface area is 247 Å². The van der Waals surface area contributed by atoms with Crippen molar-refractivity contribution in [2.45, 2.75) is 5.41 Å². The van der Waals surface area contributed by atoms with Gasteiger partial charge in [-0.25, -0.2) is 4.79 Å². The van der Waals surface area contributed by atoms with Crippen LogP contribution >= 0.6 is 0 Å². The third kappa shape index (κ3) is 3.60. The second kappa shape index (κ2) is 9.74. The Morgan fingerprint density at radius 3 is 1.56 bits per heavy atom. The summed E-state index contributed by atoms with van der Waals surface area (Å²) >= 11 is 0. The molecule has 0 amide bonds. The fourth-order valence-corrected chi connectivity index (χ4v) is 6.86. The van der Waals surface area contributed by atoms with E-state index in [1.165, 1.54) is 40.1 Å². The normalized spacial score (nSPS) is 13.0. The van der Waals surface area contributed by atoms with Crippen LogP contribution in [0.1, 0.15) is 32.6 Å². The zero-order valence-corrected chi connectivity index (χ0v) is 23.4. The van der Waals surface area contributed by atoms with E-state index < -0.39 is 0 Å². The van der Waals surface area contributed by atoms with Crippen LogP contribution in [0.3, 0.4) is 0 Å². The van der Waals surface area contributed by atoms with Crippen molar-refractivity contribution in [3.8, 4) is 0 Å². The van der Waals surface area contributed by atoms with Gasteiger partial charge in [0.2, 0.25) is 0 Å². The van der Waals surface area contributed by atoms with E-state index in [0.29, 0.717) is 11.1 Å². The summed E-state index contributed by atoms with van der Waals surface area (Å²) in [7, 11) is 1.38. The molecule has 4 nitrogen and oxygen atoms in total. The number of furan rings is 2. The predicted octanol–water partition coefficient (Wildman–Crippen LogP) is 9.65. The van der Waals surface area contributed by atoms with E-state index in [9.17, 15) is 4.79 Å². The van der Waals surface area contributed by atoms with Crippen molar-refractivity contribution in [2.24, 2.45) is 0 Å². The third-order valence-corrected chi connectivity index (χ3v) is 8.55. The lowest BCUT2D eigenvalue weighted by atomic mass is 9.67. The topological polar surface area (TPSA) is 52.6 Å². The first kappa shape index (κ1) is 25.1. The lowest BCUT2D eigenvalue weighted by Crippen LogP contribution is -2.28. The van der Waals surface area contributed by atoms with E-state index in [4.69, 9.17) is 13.6 Å². The van der Waals surface area contributed by atoms with Gasteiger partial charge in [0.25, 0.3) is 0 Å². The van der Waals surface area contributed by atoms with Crippen LogP contribution in [0.15, 0.2) is 148 Å². The summed E-state index contributed by atoms with van der Waals surface area (Å²) in [6.45, 7) is 0. The van der Waals surface area contributed by atoms with Crippen LogP contribution in [0.2, 0.25) is 0 Å². The summed E-state index contributed by atoms with van der Waals surface area (Å²) in [6.07, 6.45) is 0. The fourth-order valence-electron chi connectivity index (χ4n) is 6.86. The minimum Gasteiger partial charge on any atom is -0.465 e. The van der Waals surface area contributed by atoms with E-state index in [0.717, 1.165) is 27.5 Å². The van der Waals surface area contributed by atoms with E-state index in [-0.39, 0.29) is 11.4 Å². The van der Waals surface area contributed by atoms with Crippen LogP contribution < -0.4 is 0 Å². The summed E-state index contributed by atoms with van der Waals surface area (Å²) in [4.78, 5) is 11.7. The van der Waals surface area contributed by atoms with Gasteiger partial charge in [0.15, 0.2) is 0 Å². The SMILES string of the molecule is COC(=O)c1cccc2oc3ccccc3c12.c1ccc(C2(c3ccccc3)c3cccc4oc5cccc2c5c34)cc1. The van der Waals surface area contributed by atoms with Gasteiger partial charge in [-0.1, -0.05) is 109 Å². The van der Waals surface area contributed by atoms with Gasteiger partial charge in [0.1, 0.15) is 22.3 Å². The summed E-state index contributed by atoms with van der Waals surface area (Å²) in [6, 6.07) is 47.6. The van der Waals surface area contributed by atoms with E-state index in [2.05, 4.69) is 97.1 Å². The Kier molecular flexibility index (Phi) is 5.69. The number of carbonyl (C=O) groups excluding carboxylic acids is 1. The van der Waals surface area contributed by atoms with Crippen LogP contribution in [0.25, 0.3) is 43.9 Å². The number of para-hydroxylation sites is 1. The molecule has 43 heavy (non-hydrogen) atoms. The van der Waals surface area contributed by atoms with Gasteiger partial charge in [-0.3, -0.25) is 0 Å². The highest BCUT2D eigenvalue weighted by Gasteiger charge is 2.45. The Bertz CT molecular complexity index is 2190. The molecule has 0 saturated carbocycles. The smallest absolute Gasteiger partial charge is 0.338 e. The van der Waals surface area contributed by atoms with Crippen LogP contribution in [0.5, 0.6) is 0 Å². The van der Waals surface area contributed by atoms with Gasteiger partial charge in [0.05, 0.1) is 18.1 Å². The maximum Gasteiger partial charge on any atom is 0.338 e. The molecule has 2 aromatic heterocycles. The number of methoxy groups -OCH3 is 1. The molecule has 0 atom stereocenters. The average molecular weight is 559 g/mol. The Balaban J connectivity index is 0.000000142. The molecule has 1 aliphatic rings. The molecule has 0 N–H and O–H groups in total. The van der Waals surface area contributed by atoms with E-state index in [1.807, 2.05) is 30.3 Å². The molecule has 1 aliphatic carbocycles. The molecule has 8 aromatic rings. The zero-order valence-electron chi connectivity index (χ0n) is 23.4. The van der Waals surface area contributed by atoms with Crippen molar-refractivity contribution < 1.29 is 18.4 Å². The van der Waals surface area contributed by atoms with Crippen molar-refractivity contribution in [3.05, 3.63) is 167 Å². The van der Waals surface area contributed by atoms with Crippen molar-refractivity contribution >= 4 is 49.8 Å². The molecule has 0 radical (unpaired) electrons. The van der Waals surface area contributed by atoms with Gasteiger partial charge >= 0.3 is 5.97 Å². The van der Waals surface area contributed by atoms with Gasteiger partial charge in [-0.2, -0.15) is 0 Å².